The van der Waals surface area contributed by atoms with E-state index in [2.05, 4.69) is 26.6 Å². The lowest BCUT2D eigenvalue weighted by Gasteiger charge is -2.15. The second-order valence-electron chi connectivity index (χ2n) is 5.77. The van der Waals surface area contributed by atoms with Crippen molar-refractivity contribution in [3.63, 3.8) is 0 Å². The Balaban J connectivity index is 2.10. The zero-order valence-corrected chi connectivity index (χ0v) is 16.3. The van der Waals surface area contributed by atoms with Gasteiger partial charge in [-0.25, -0.2) is 0 Å². The Morgan fingerprint density at radius 2 is 2.00 bits per heavy atom. The van der Waals surface area contributed by atoms with Gasteiger partial charge < -0.3 is 15.2 Å². The number of carbonyl (C=O) groups is 1. The maximum atomic E-state index is 12.5. The molecule has 0 aliphatic carbocycles. The minimum Gasteiger partial charge on any atom is -0.506 e. The molecule has 0 heterocycles. The lowest BCUT2D eigenvalue weighted by Crippen LogP contribution is -2.34. The van der Waals surface area contributed by atoms with Gasteiger partial charge in [0.05, 0.1) is 17.9 Å². The molecular formula is C18H19BrN2O3S. The van der Waals surface area contributed by atoms with Crippen LogP contribution in [0.2, 0.25) is 0 Å². The molecule has 0 aromatic heterocycles. The van der Waals surface area contributed by atoms with E-state index in [9.17, 15) is 9.90 Å². The third kappa shape index (κ3) is 5.72. The number of nitrogens with one attached hydrogen (secondary N) is 2. The average Bonchev–Trinajstić information content (AvgIpc) is 2.55. The molecular weight excluding hydrogens is 404 g/mol. The molecule has 0 bridgehead atoms. The van der Waals surface area contributed by atoms with E-state index in [0.717, 1.165) is 4.47 Å². The molecule has 7 heteroatoms. The van der Waals surface area contributed by atoms with Crippen molar-refractivity contribution < 1.29 is 14.6 Å². The normalized spacial score (nSPS) is 10.4. The van der Waals surface area contributed by atoms with Gasteiger partial charge in [0, 0.05) is 4.47 Å². The first kappa shape index (κ1) is 19.2. The highest BCUT2D eigenvalue weighted by Crippen LogP contribution is 2.24. The third-order valence-corrected chi connectivity index (χ3v) is 3.84. The van der Waals surface area contributed by atoms with Crippen LogP contribution in [0.5, 0.6) is 11.5 Å². The van der Waals surface area contributed by atoms with Gasteiger partial charge in [0.25, 0.3) is 5.91 Å². The number of amides is 1. The number of anilines is 1. The highest BCUT2D eigenvalue weighted by molar-refractivity contribution is 9.10. The van der Waals surface area contributed by atoms with E-state index in [4.69, 9.17) is 17.0 Å². The Kier molecular flexibility index (Phi) is 6.78. The summed E-state index contributed by atoms with van der Waals surface area (Å²) in [6.45, 7) is 4.57. The van der Waals surface area contributed by atoms with Gasteiger partial charge in [-0.05, 0) is 48.5 Å². The zero-order chi connectivity index (χ0) is 18.4. The number of phenolic OH excluding ortho intramolecular Hbond substituents is 1. The lowest BCUT2D eigenvalue weighted by molar-refractivity contribution is 0.0973. The van der Waals surface area contributed by atoms with Crippen LogP contribution in [0.15, 0.2) is 46.9 Å². The fourth-order valence-electron chi connectivity index (χ4n) is 1.97. The number of aromatic hydroxyl groups is 1. The quantitative estimate of drug-likeness (QED) is 0.494. The number of benzene rings is 2. The summed E-state index contributed by atoms with van der Waals surface area (Å²) < 4.78 is 6.47. The van der Waals surface area contributed by atoms with Gasteiger partial charge >= 0.3 is 0 Å². The van der Waals surface area contributed by atoms with E-state index in [1.807, 2.05) is 19.9 Å². The third-order valence-electron chi connectivity index (χ3n) is 3.14. The number of ether oxygens (including phenoxy) is 1. The highest BCUT2D eigenvalue weighted by atomic mass is 79.9. The van der Waals surface area contributed by atoms with Crippen molar-refractivity contribution in [2.75, 3.05) is 11.9 Å². The maximum Gasteiger partial charge on any atom is 0.261 e. The molecule has 1 amide bonds. The smallest absolute Gasteiger partial charge is 0.261 e. The number of carbonyl (C=O) groups excluding carboxylic acids is 1. The van der Waals surface area contributed by atoms with Crippen molar-refractivity contribution in [1.82, 2.24) is 5.32 Å². The Labute approximate surface area is 160 Å². The first-order valence-electron chi connectivity index (χ1n) is 7.69. The van der Waals surface area contributed by atoms with Crippen molar-refractivity contribution in [2.24, 2.45) is 5.92 Å². The van der Waals surface area contributed by atoms with Crippen LogP contribution < -0.4 is 15.4 Å². The SMILES string of the molecule is CC(C)COc1ccc(Br)cc1C(=O)NC(=S)Nc1ccccc1O. The molecule has 3 N–H and O–H groups in total. The number of phenols is 1. The van der Waals surface area contributed by atoms with Crippen LogP contribution in [-0.2, 0) is 0 Å². The Morgan fingerprint density at radius 1 is 1.28 bits per heavy atom. The standard InChI is InChI=1S/C18H19BrN2O3S/c1-11(2)10-24-16-8-7-12(19)9-13(16)17(23)21-18(25)20-14-5-3-4-6-15(14)22/h3-9,11,22H,10H2,1-2H3,(H2,20,21,23,25). The van der Waals surface area contributed by atoms with Gasteiger partial charge in [-0.3, -0.25) is 10.1 Å². The molecule has 0 atom stereocenters. The topological polar surface area (TPSA) is 70.6 Å². The number of para-hydroxylation sites is 2. The number of halogens is 1. The van der Waals surface area contributed by atoms with Crippen LogP contribution in [0.3, 0.4) is 0 Å². The summed E-state index contributed by atoms with van der Waals surface area (Å²) in [7, 11) is 0. The second-order valence-corrected chi connectivity index (χ2v) is 7.09. The summed E-state index contributed by atoms with van der Waals surface area (Å²) in [6.07, 6.45) is 0. The predicted molar refractivity (Wildman–Crippen MR) is 106 cm³/mol. The van der Waals surface area contributed by atoms with Crippen LogP contribution in [0.1, 0.15) is 24.2 Å². The maximum absolute atomic E-state index is 12.5. The largest absolute Gasteiger partial charge is 0.506 e. The van der Waals surface area contributed by atoms with Gasteiger partial charge in [0.2, 0.25) is 0 Å². The van der Waals surface area contributed by atoms with Crippen LogP contribution in [-0.4, -0.2) is 22.7 Å². The second kappa shape index (κ2) is 8.82. The fraction of sp³-hybridized carbons (Fsp3) is 0.222. The Hall–Kier alpha value is -2.12. The van der Waals surface area contributed by atoms with Gasteiger partial charge in [0.1, 0.15) is 11.5 Å². The Morgan fingerprint density at radius 3 is 2.68 bits per heavy atom. The molecule has 0 saturated carbocycles. The van der Waals surface area contributed by atoms with Gasteiger partial charge in [-0.1, -0.05) is 41.9 Å². The summed E-state index contributed by atoms with van der Waals surface area (Å²) in [5.74, 6) is 0.471. The molecule has 25 heavy (non-hydrogen) atoms. The monoisotopic (exact) mass is 422 g/mol. The Bertz CT molecular complexity index is 781. The molecule has 0 radical (unpaired) electrons. The molecule has 2 aromatic rings. The van der Waals surface area contributed by atoms with Gasteiger partial charge in [0.15, 0.2) is 5.11 Å². The number of rotatable bonds is 5. The molecule has 0 saturated heterocycles. The number of hydrogen-bond acceptors (Lipinski definition) is 4. The highest BCUT2D eigenvalue weighted by Gasteiger charge is 2.15. The molecule has 0 fully saturated rings. The first-order valence-corrected chi connectivity index (χ1v) is 8.89. The van der Waals surface area contributed by atoms with Crippen LogP contribution in [0.25, 0.3) is 0 Å². The molecule has 5 nitrogen and oxygen atoms in total. The van der Waals surface area contributed by atoms with Gasteiger partial charge in [-0.2, -0.15) is 0 Å². The van der Waals surface area contributed by atoms with E-state index in [-0.39, 0.29) is 10.9 Å². The number of hydrogen-bond donors (Lipinski definition) is 3. The minimum atomic E-state index is -0.395. The van der Waals surface area contributed by atoms with Gasteiger partial charge in [-0.15, -0.1) is 0 Å². The molecule has 0 aliphatic heterocycles. The molecule has 0 spiro atoms. The zero-order valence-electron chi connectivity index (χ0n) is 13.9. The first-order chi connectivity index (χ1) is 11.9. The van der Waals surface area contributed by atoms with Crippen molar-refractivity contribution >= 4 is 44.9 Å². The van der Waals surface area contributed by atoms with Crippen molar-refractivity contribution in [3.05, 3.63) is 52.5 Å². The van der Waals surface area contributed by atoms with Crippen LogP contribution >= 0.6 is 28.1 Å². The van der Waals surface area contributed by atoms with Crippen molar-refractivity contribution in [1.29, 1.82) is 0 Å². The molecule has 0 aliphatic rings. The van der Waals surface area contributed by atoms with E-state index in [0.29, 0.717) is 29.5 Å². The molecule has 0 unspecified atom stereocenters. The summed E-state index contributed by atoms with van der Waals surface area (Å²) in [6, 6.07) is 11.9. The van der Waals surface area contributed by atoms with E-state index < -0.39 is 5.91 Å². The lowest BCUT2D eigenvalue weighted by atomic mass is 10.2. The summed E-state index contributed by atoms with van der Waals surface area (Å²) in [5.41, 5.74) is 0.787. The summed E-state index contributed by atoms with van der Waals surface area (Å²) in [4.78, 5) is 12.5. The summed E-state index contributed by atoms with van der Waals surface area (Å²) in [5, 5.41) is 15.2. The molecule has 2 rings (SSSR count). The van der Waals surface area contributed by atoms with E-state index >= 15 is 0 Å². The fourth-order valence-corrected chi connectivity index (χ4v) is 2.53. The molecule has 132 valence electrons. The summed E-state index contributed by atoms with van der Waals surface area (Å²) >= 11 is 8.50. The number of thiocarbonyl (C=S) groups is 1. The van der Waals surface area contributed by atoms with E-state index in [1.54, 1.807) is 30.3 Å². The van der Waals surface area contributed by atoms with Crippen LogP contribution in [0, 0.1) is 5.92 Å². The average molecular weight is 423 g/mol. The van der Waals surface area contributed by atoms with Crippen molar-refractivity contribution in [2.45, 2.75) is 13.8 Å². The minimum absolute atomic E-state index is 0.0440. The predicted octanol–water partition coefficient (Wildman–Crippen LogP) is 4.32. The molecule has 2 aromatic carbocycles. The van der Waals surface area contributed by atoms with E-state index in [1.165, 1.54) is 6.07 Å². The van der Waals surface area contributed by atoms with Crippen LogP contribution in [0.4, 0.5) is 5.69 Å². The van der Waals surface area contributed by atoms with Crippen molar-refractivity contribution in [3.8, 4) is 11.5 Å².